The topological polar surface area (TPSA) is 104 Å². The Balaban J connectivity index is 1.76. The maximum Gasteiger partial charge on any atom is 0.280 e. The lowest BCUT2D eigenvalue weighted by molar-refractivity contribution is -0.384. The number of nitro benzene ring substituents is 1. The van der Waals surface area contributed by atoms with Crippen LogP contribution in [0.3, 0.4) is 0 Å². The number of hydrogen-bond donors (Lipinski definition) is 1. The quantitative estimate of drug-likeness (QED) is 0.441. The van der Waals surface area contributed by atoms with Crippen LogP contribution in [0.15, 0.2) is 29.1 Å². The van der Waals surface area contributed by atoms with Gasteiger partial charge in [0.25, 0.3) is 11.2 Å². The summed E-state index contributed by atoms with van der Waals surface area (Å²) in [5.74, 6) is 6.47. The van der Waals surface area contributed by atoms with Gasteiger partial charge < -0.3 is 5.84 Å². The number of aryl methyl sites for hydroxylation is 2. The summed E-state index contributed by atoms with van der Waals surface area (Å²) >= 11 is 1.58. The van der Waals surface area contributed by atoms with E-state index in [1.165, 1.54) is 17.0 Å². The van der Waals surface area contributed by atoms with Crippen molar-refractivity contribution in [3.8, 4) is 0 Å². The Kier molecular flexibility index (Phi) is 3.76. The molecule has 7 nitrogen and oxygen atoms in total. The molecule has 128 valence electrons. The molecule has 0 amide bonds. The summed E-state index contributed by atoms with van der Waals surface area (Å²) in [6.07, 6.45) is 4.49. The first-order valence-electron chi connectivity index (χ1n) is 8.09. The molecule has 8 heteroatoms. The number of nitro groups is 1. The highest BCUT2D eigenvalue weighted by Gasteiger charge is 2.21. The van der Waals surface area contributed by atoms with Gasteiger partial charge in [0.1, 0.15) is 10.7 Å². The second-order valence-electron chi connectivity index (χ2n) is 6.19. The number of thiophene rings is 1. The molecule has 0 saturated heterocycles. The molecule has 0 unspecified atom stereocenters. The third-order valence-corrected chi connectivity index (χ3v) is 5.79. The van der Waals surface area contributed by atoms with Crippen LogP contribution in [-0.4, -0.2) is 14.6 Å². The van der Waals surface area contributed by atoms with Gasteiger partial charge in [0.2, 0.25) is 0 Å². The molecular formula is C17H16N4O3S. The lowest BCUT2D eigenvalue weighted by atomic mass is 9.97. The molecule has 1 aliphatic rings. The van der Waals surface area contributed by atoms with E-state index in [-0.39, 0.29) is 11.2 Å². The Labute approximate surface area is 146 Å². The van der Waals surface area contributed by atoms with Crippen molar-refractivity contribution in [2.75, 3.05) is 5.84 Å². The summed E-state index contributed by atoms with van der Waals surface area (Å²) < 4.78 is 1.12. The van der Waals surface area contributed by atoms with Crippen molar-refractivity contribution in [1.29, 1.82) is 0 Å². The summed E-state index contributed by atoms with van der Waals surface area (Å²) in [4.78, 5) is 29.6. The van der Waals surface area contributed by atoms with Crippen molar-refractivity contribution in [3.05, 3.63) is 66.6 Å². The SMILES string of the molecule is Nn1c(Cc2ccc([N+](=O)[O-])cc2)nc2sc3c(c2c1=O)CCCC3. The van der Waals surface area contributed by atoms with Crippen LogP contribution in [0.5, 0.6) is 0 Å². The van der Waals surface area contributed by atoms with E-state index in [0.717, 1.165) is 46.3 Å². The highest BCUT2D eigenvalue weighted by Crippen LogP contribution is 2.33. The van der Waals surface area contributed by atoms with Gasteiger partial charge in [-0.05, 0) is 36.8 Å². The van der Waals surface area contributed by atoms with Gasteiger partial charge in [-0.15, -0.1) is 11.3 Å². The summed E-state index contributed by atoms with van der Waals surface area (Å²) in [5, 5.41) is 11.4. The Morgan fingerprint density at radius 2 is 1.96 bits per heavy atom. The minimum atomic E-state index is -0.441. The van der Waals surface area contributed by atoms with Crippen molar-refractivity contribution in [2.45, 2.75) is 32.1 Å². The molecule has 1 aromatic carbocycles. The third kappa shape index (κ3) is 2.68. The van der Waals surface area contributed by atoms with Gasteiger partial charge >= 0.3 is 0 Å². The molecule has 1 aliphatic carbocycles. The molecule has 3 aromatic rings. The van der Waals surface area contributed by atoms with Crippen LogP contribution in [0.2, 0.25) is 0 Å². The Morgan fingerprint density at radius 1 is 1.24 bits per heavy atom. The first kappa shape index (κ1) is 15.8. The van der Waals surface area contributed by atoms with E-state index >= 15 is 0 Å². The van der Waals surface area contributed by atoms with Gasteiger partial charge in [-0.1, -0.05) is 12.1 Å². The van der Waals surface area contributed by atoms with E-state index < -0.39 is 4.92 Å². The van der Waals surface area contributed by atoms with Crippen LogP contribution in [0, 0.1) is 10.1 Å². The van der Waals surface area contributed by atoms with Crippen molar-refractivity contribution >= 4 is 27.2 Å². The summed E-state index contributed by atoms with van der Waals surface area (Å²) in [7, 11) is 0. The van der Waals surface area contributed by atoms with Crippen LogP contribution < -0.4 is 11.4 Å². The highest BCUT2D eigenvalue weighted by atomic mass is 32.1. The number of hydrogen-bond acceptors (Lipinski definition) is 6. The fourth-order valence-electron chi connectivity index (χ4n) is 3.30. The van der Waals surface area contributed by atoms with Gasteiger partial charge in [0.15, 0.2) is 0 Å². The number of benzene rings is 1. The fourth-order valence-corrected chi connectivity index (χ4v) is 4.57. The minimum absolute atomic E-state index is 0.0308. The first-order chi connectivity index (χ1) is 12.0. The molecule has 0 fully saturated rings. The smallest absolute Gasteiger partial charge is 0.280 e. The number of rotatable bonds is 3. The predicted molar refractivity (Wildman–Crippen MR) is 96.6 cm³/mol. The van der Waals surface area contributed by atoms with Crippen LogP contribution in [0.25, 0.3) is 10.2 Å². The predicted octanol–water partition coefficient (Wildman–Crippen LogP) is 2.55. The van der Waals surface area contributed by atoms with Crippen molar-refractivity contribution < 1.29 is 4.92 Å². The zero-order valence-electron chi connectivity index (χ0n) is 13.4. The number of nitrogens with two attached hydrogens (primary N) is 1. The van der Waals surface area contributed by atoms with Gasteiger partial charge in [-0.2, -0.15) is 0 Å². The lowest BCUT2D eigenvalue weighted by Gasteiger charge is -2.11. The molecular weight excluding hydrogens is 340 g/mol. The maximum atomic E-state index is 12.7. The van der Waals surface area contributed by atoms with Gasteiger partial charge in [-0.3, -0.25) is 14.9 Å². The fraction of sp³-hybridized carbons (Fsp3) is 0.294. The average molecular weight is 356 g/mol. The average Bonchev–Trinajstić information content (AvgIpc) is 2.98. The number of nitrogen functional groups attached to an aromatic ring is 1. The maximum absolute atomic E-state index is 12.7. The molecule has 2 N–H and O–H groups in total. The Morgan fingerprint density at radius 3 is 2.68 bits per heavy atom. The lowest BCUT2D eigenvalue weighted by Crippen LogP contribution is -2.32. The summed E-state index contributed by atoms with van der Waals surface area (Å²) in [6.45, 7) is 0. The van der Waals surface area contributed by atoms with Crippen LogP contribution >= 0.6 is 11.3 Å². The number of non-ortho nitro benzene ring substituents is 1. The standard InChI is InChI=1S/C17H16N4O3S/c18-20-14(9-10-5-7-11(8-6-10)21(23)24)19-16-15(17(20)22)12-3-1-2-4-13(12)25-16/h5-8H,1-4,9,18H2. The van der Waals surface area contributed by atoms with Crippen LogP contribution in [-0.2, 0) is 19.3 Å². The van der Waals surface area contributed by atoms with E-state index in [2.05, 4.69) is 4.98 Å². The van der Waals surface area contributed by atoms with E-state index in [4.69, 9.17) is 5.84 Å². The number of fused-ring (bicyclic) bond motifs is 3. The second-order valence-corrected chi connectivity index (χ2v) is 7.28. The third-order valence-electron chi connectivity index (χ3n) is 4.60. The van der Waals surface area contributed by atoms with Gasteiger partial charge in [0.05, 0.1) is 10.3 Å². The zero-order chi connectivity index (χ0) is 17.6. The molecule has 2 heterocycles. The summed E-state index contributed by atoms with van der Waals surface area (Å²) in [5.41, 5.74) is 1.76. The molecule has 0 aliphatic heterocycles. The minimum Gasteiger partial charge on any atom is -0.335 e. The number of nitrogens with zero attached hydrogens (tertiary/aromatic N) is 3. The molecule has 0 bridgehead atoms. The molecule has 0 radical (unpaired) electrons. The van der Waals surface area contributed by atoms with Crippen molar-refractivity contribution in [2.24, 2.45) is 0 Å². The monoisotopic (exact) mass is 356 g/mol. The molecule has 0 spiro atoms. The van der Waals surface area contributed by atoms with Gasteiger partial charge in [0, 0.05) is 23.4 Å². The van der Waals surface area contributed by atoms with E-state index in [1.54, 1.807) is 23.5 Å². The molecule has 0 atom stereocenters. The van der Waals surface area contributed by atoms with Crippen molar-refractivity contribution in [3.63, 3.8) is 0 Å². The van der Waals surface area contributed by atoms with Crippen molar-refractivity contribution in [1.82, 2.24) is 9.66 Å². The normalized spacial score (nSPS) is 13.8. The Bertz CT molecular complexity index is 1040. The summed E-state index contributed by atoms with van der Waals surface area (Å²) in [6, 6.07) is 6.20. The molecule has 4 rings (SSSR count). The zero-order valence-corrected chi connectivity index (χ0v) is 14.2. The van der Waals surface area contributed by atoms with E-state index in [0.29, 0.717) is 17.6 Å². The molecule has 2 aromatic heterocycles. The largest absolute Gasteiger partial charge is 0.335 e. The molecule has 25 heavy (non-hydrogen) atoms. The van der Waals surface area contributed by atoms with Gasteiger partial charge in [-0.25, -0.2) is 9.66 Å². The van der Waals surface area contributed by atoms with Crippen LogP contribution in [0.4, 0.5) is 5.69 Å². The van der Waals surface area contributed by atoms with E-state index in [1.807, 2.05) is 0 Å². The molecule has 0 saturated carbocycles. The first-order valence-corrected chi connectivity index (χ1v) is 8.91. The highest BCUT2D eigenvalue weighted by molar-refractivity contribution is 7.18. The van der Waals surface area contributed by atoms with Crippen LogP contribution in [0.1, 0.15) is 34.7 Å². The van der Waals surface area contributed by atoms with E-state index in [9.17, 15) is 14.9 Å². The second kappa shape index (κ2) is 5.96. The Hall–Kier alpha value is -2.74. The number of aromatic nitrogens is 2.